The van der Waals surface area contributed by atoms with Gasteiger partial charge in [-0.25, -0.2) is 33.7 Å². The summed E-state index contributed by atoms with van der Waals surface area (Å²) in [7, 11) is -22.0. The van der Waals surface area contributed by atoms with Crippen LogP contribution in [0.15, 0.2) is 149 Å². The Morgan fingerprint density at radius 2 is 0.895 bits per heavy atom. The number of azo groups is 2. The van der Waals surface area contributed by atoms with Crippen LogP contribution in [0.4, 0.5) is 28.4 Å². The maximum Gasteiger partial charge on any atom is 2.00 e. The third-order valence-corrected chi connectivity index (χ3v) is 12.9. The van der Waals surface area contributed by atoms with E-state index in [2.05, 4.69) is 25.8 Å². The van der Waals surface area contributed by atoms with E-state index in [1.807, 2.05) is 0 Å². The quantitative estimate of drug-likeness (QED) is 0.0652. The van der Waals surface area contributed by atoms with Gasteiger partial charge in [0.15, 0.2) is 0 Å². The minimum absolute atomic E-state index is 0. The average Bonchev–Trinajstić information content (AvgIpc) is 3.27. The molecular weight excluding hydrogens is 1230 g/mol. The molecule has 0 atom stereocenters. The average molecular weight is 1260 g/mol. The van der Waals surface area contributed by atoms with E-state index >= 15 is 0 Å². The number of rotatable bonds is 12. The molecule has 0 fully saturated rings. The first-order chi connectivity index (χ1) is 32.2. The van der Waals surface area contributed by atoms with E-state index in [4.69, 9.17) is 10.8 Å². The maximum atomic E-state index is 13.6. The molecule has 386 valence electrons. The van der Waals surface area contributed by atoms with Gasteiger partial charge in [-0.05, 0) is 81.9 Å². The summed E-state index contributed by atoms with van der Waals surface area (Å²) < 4.78 is 146. The van der Waals surface area contributed by atoms with Crippen LogP contribution in [-0.2, 0) is 74.6 Å². The molecular formula is C41H27Cu2N6Na4O19S4-. The molecule has 7 rings (SSSR count). The van der Waals surface area contributed by atoms with E-state index in [-0.39, 0.29) is 188 Å². The van der Waals surface area contributed by atoms with Gasteiger partial charge >= 0.3 is 152 Å². The van der Waals surface area contributed by atoms with Crippen molar-refractivity contribution >= 4 is 96.4 Å². The monoisotopic (exact) mass is 1250 g/mol. The fraction of sp³-hybridized carbons (Fsp3) is 0.0488. The maximum absolute atomic E-state index is 13.6. The van der Waals surface area contributed by atoms with Crippen molar-refractivity contribution in [3.63, 3.8) is 0 Å². The molecule has 0 heterocycles. The predicted octanol–water partition coefficient (Wildman–Crippen LogP) is -9.13. The first-order valence-electron chi connectivity index (χ1n) is 18.7. The van der Waals surface area contributed by atoms with Crippen LogP contribution >= 0.6 is 0 Å². The number of benzene rings is 7. The fourth-order valence-electron chi connectivity index (χ4n) is 6.41. The fourth-order valence-corrected chi connectivity index (χ4v) is 9.21. The zero-order valence-corrected chi connectivity index (χ0v) is 52.4. The van der Waals surface area contributed by atoms with Gasteiger partial charge in [-0.3, -0.25) is 4.79 Å². The molecule has 76 heavy (non-hydrogen) atoms. The van der Waals surface area contributed by atoms with Crippen molar-refractivity contribution in [3.05, 3.63) is 120 Å². The van der Waals surface area contributed by atoms with Gasteiger partial charge in [-0.2, -0.15) is 20.5 Å². The number of hydrogen-bond donors (Lipinski definition) is 2. The van der Waals surface area contributed by atoms with E-state index < -0.39 is 139 Å². The number of hydrogen-bond acceptors (Lipinski definition) is 22. The van der Waals surface area contributed by atoms with Gasteiger partial charge < -0.3 is 60.3 Å². The Bertz CT molecular complexity index is 3780. The van der Waals surface area contributed by atoms with E-state index in [0.717, 1.165) is 42.5 Å². The molecule has 0 unspecified atom stereocenters. The molecule has 0 aliphatic carbocycles. The molecule has 5 N–H and O–H groups in total. The van der Waals surface area contributed by atoms with Crippen LogP contribution < -0.4 is 144 Å². The molecule has 0 bridgehead atoms. The van der Waals surface area contributed by atoms with Crippen LogP contribution in [0.25, 0.3) is 38.4 Å². The molecule has 0 aromatic heterocycles. The second-order valence-corrected chi connectivity index (χ2v) is 19.3. The van der Waals surface area contributed by atoms with Gasteiger partial charge in [0.25, 0.3) is 5.91 Å². The number of amides is 1. The Balaban J connectivity index is 0. The van der Waals surface area contributed by atoms with Gasteiger partial charge in [0.2, 0.25) is 0 Å². The van der Waals surface area contributed by atoms with E-state index in [9.17, 15) is 77.1 Å². The summed E-state index contributed by atoms with van der Waals surface area (Å²) in [6, 6.07) is 18.7. The smallest absolute Gasteiger partial charge is 0.871 e. The second-order valence-electron chi connectivity index (χ2n) is 13.9. The van der Waals surface area contributed by atoms with Gasteiger partial charge in [0, 0.05) is 23.2 Å². The summed E-state index contributed by atoms with van der Waals surface area (Å²) in [6.07, 6.45) is 0. The normalized spacial score (nSPS) is 11.2. The topological polar surface area (TPSA) is 475 Å². The molecule has 1 amide bonds. The number of nitrogens with one attached hydrogen (secondary N) is 2. The van der Waals surface area contributed by atoms with Gasteiger partial charge in [0.05, 0.1) is 42.3 Å². The van der Waals surface area contributed by atoms with E-state index in [1.54, 1.807) is 6.07 Å². The number of fused-ring (bicyclic) bond motifs is 2. The van der Waals surface area contributed by atoms with Crippen molar-refractivity contribution in [2.75, 3.05) is 18.5 Å². The van der Waals surface area contributed by atoms with Crippen molar-refractivity contribution in [2.45, 2.75) is 19.6 Å². The SMILES string of the molecule is O.O=C(Nc1cc(S(=O)(=O)[O-])c2c([O-])c(N=Nc3ccc(-c4ccc(N=Nc5cc(S(=O)(=O)[O-])c6cccc(S(=O)(=O)[O-])c6c5[O-])c([O-])c4)cc3[O-])cc(S(=O)(=O)[O-])c2c1)c1ccccc1.[Cu+2].[Cu+2].[NH-]CCO.[Na+].[Na+].[Na+].[Na+]. The Kier molecular flexibility index (Phi) is 30.7. The molecule has 25 nitrogen and oxygen atoms in total. The van der Waals surface area contributed by atoms with Crippen LogP contribution in [-0.4, -0.2) is 81.5 Å². The summed E-state index contributed by atoms with van der Waals surface area (Å²) in [4.78, 5) is 7.97. The standard InChI is InChI=1S/C39H27N5O17S4.C2H6NO.2Cu.4Na.H2O/c45-29-13-20(9-11-25(29)41-43-27-17-32(63(53,54)55)23-7-4-8-31(62(50,51)52)35(23)37(27)47)21-10-12-26(30(46)14-21)42-44-28-18-33(64(56,57)58)24-15-22(40-39(49)19-5-2-1-3-6-19)16-34(65(59,60)61)36(24)38(28)48;3-1-2-4;;;;;;;/h1-18,45-48H,(H,40,49)(H,50,51,52)(H,53,54,55)(H,56,57,58)(H,59,60,61);3-4H,1-2H2;;;;;;;1H2/q;-1;2*+2;4*+1;/p-8. The predicted molar refractivity (Wildman–Crippen MR) is 232 cm³/mol. The Labute approximate surface area is 542 Å². The van der Waals surface area contributed by atoms with Crippen LogP contribution in [0.2, 0.25) is 0 Å². The second kappa shape index (κ2) is 30.9. The number of carbonyl (C=O) groups is 1. The third-order valence-electron chi connectivity index (χ3n) is 9.38. The molecule has 0 aliphatic rings. The van der Waals surface area contributed by atoms with E-state index in [1.165, 1.54) is 36.4 Å². The molecule has 0 saturated carbocycles. The largest absolute Gasteiger partial charge is 2.00 e. The zero-order chi connectivity index (χ0) is 50.8. The van der Waals surface area contributed by atoms with Crippen LogP contribution in [0.1, 0.15) is 10.4 Å². The van der Waals surface area contributed by atoms with Crippen molar-refractivity contribution in [3.8, 4) is 34.1 Å². The molecule has 7 aromatic carbocycles. The first kappa shape index (κ1) is 75.6. The Morgan fingerprint density at radius 1 is 0.500 bits per heavy atom. The molecule has 7 aromatic rings. The summed E-state index contributed by atoms with van der Waals surface area (Å²) in [5.74, 6) is -5.36. The van der Waals surface area contributed by atoms with Crippen LogP contribution in [0.5, 0.6) is 23.0 Å². The van der Waals surface area contributed by atoms with Crippen LogP contribution in [0, 0.1) is 0 Å². The summed E-state index contributed by atoms with van der Waals surface area (Å²) in [6.45, 7) is 0.111. The third kappa shape index (κ3) is 18.0. The first-order valence-corrected chi connectivity index (χ1v) is 24.4. The molecule has 0 saturated heterocycles. The summed E-state index contributed by atoms with van der Waals surface area (Å²) >= 11 is 0. The minimum Gasteiger partial charge on any atom is -0.871 e. The van der Waals surface area contributed by atoms with Gasteiger partial charge in [0.1, 0.15) is 40.5 Å². The summed E-state index contributed by atoms with van der Waals surface area (Å²) in [5, 5.41) is 73.7. The van der Waals surface area contributed by atoms with Crippen molar-refractivity contribution < 1.29 is 240 Å². The number of anilines is 1. The number of aliphatic hydroxyl groups is 1. The Hall–Kier alpha value is -2.51. The number of aliphatic hydroxyl groups excluding tert-OH is 1. The van der Waals surface area contributed by atoms with Crippen molar-refractivity contribution in [2.24, 2.45) is 20.5 Å². The summed E-state index contributed by atoms with van der Waals surface area (Å²) in [5.41, 5.74) is 3.03. The Morgan fingerprint density at radius 3 is 1.29 bits per heavy atom. The molecule has 0 spiro atoms. The van der Waals surface area contributed by atoms with Crippen molar-refractivity contribution in [1.82, 2.24) is 0 Å². The zero-order valence-electron chi connectivity index (χ0n) is 39.2. The molecule has 2 radical (unpaired) electrons. The number of carbonyl (C=O) groups excluding carboxylic acids is 1. The van der Waals surface area contributed by atoms with Gasteiger partial charge in [-0.1, -0.05) is 77.6 Å². The molecule has 35 heteroatoms. The van der Waals surface area contributed by atoms with Gasteiger partial charge in [-0.15, -0.1) is 6.54 Å². The van der Waals surface area contributed by atoms with Crippen molar-refractivity contribution in [1.29, 1.82) is 0 Å². The number of nitrogens with zero attached hydrogens (tertiary/aromatic N) is 4. The minimum atomic E-state index is -5.63. The van der Waals surface area contributed by atoms with Crippen LogP contribution in [0.3, 0.4) is 0 Å². The van der Waals surface area contributed by atoms with E-state index in [0.29, 0.717) is 24.3 Å². The molecule has 0 aliphatic heterocycles.